The molecule has 0 spiro atoms. The van der Waals surface area contributed by atoms with Crippen molar-refractivity contribution in [2.75, 3.05) is 102 Å². The summed E-state index contributed by atoms with van der Waals surface area (Å²) >= 11 is 0. The Morgan fingerprint density at radius 2 is 1.11 bits per heavy atom. The number of rotatable bonds is 35. The number of carbonyl (C=O) groups is 4. The quantitative estimate of drug-likeness (QED) is 0.0220. The number of ether oxygens (including phenoxy) is 12. The molecule has 0 aromatic heterocycles. The fourth-order valence-corrected chi connectivity index (χ4v) is 10.6. The van der Waals surface area contributed by atoms with Gasteiger partial charge in [0.15, 0.2) is 11.8 Å². The van der Waals surface area contributed by atoms with Crippen molar-refractivity contribution in [3.05, 3.63) is 108 Å². The number of benzene rings is 4. The van der Waals surface area contributed by atoms with E-state index in [1.807, 2.05) is 36.4 Å². The summed E-state index contributed by atoms with van der Waals surface area (Å²) in [6.07, 6.45) is -3.06. The summed E-state index contributed by atoms with van der Waals surface area (Å²) in [6.45, 7) is 4.38. The molecule has 416 valence electrons. The van der Waals surface area contributed by atoms with Gasteiger partial charge in [-0.15, -0.1) is 0 Å². The second-order valence-corrected chi connectivity index (χ2v) is 20.9. The van der Waals surface area contributed by atoms with E-state index >= 15 is 4.57 Å². The van der Waals surface area contributed by atoms with Crippen molar-refractivity contribution in [2.24, 2.45) is 0 Å². The molecule has 0 saturated heterocycles. The molecular weight excluding hydrogens is 1010 g/mol. The molecule has 0 bridgehead atoms. The monoisotopic (exact) mass is 1080 g/mol. The van der Waals surface area contributed by atoms with Crippen LogP contribution in [0.4, 0.5) is 0 Å². The summed E-state index contributed by atoms with van der Waals surface area (Å²) in [7, 11) is 3.38. The van der Waals surface area contributed by atoms with Gasteiger partial charge in [0.05, 0.1) is 31.5 Å². The molecule has 4 aromatic carbocycles. The first kappa shape index (κ1) is 61.0. The molecule has 1 N–H and O–H groups in total. The van der Waals surface area contributed by atoms with Gasteiger partial charge in [0.2, 0.25) is 0 Å². The van der Waals surface area contributed by atoms with Crippen LogP contribution in [-0.4, -0.2) is 161 Å². The maximum absolute atomic E-state index is 15.1. The maximum atomic E-state index is 15.1. The van der Waals surface area contributed by atoms with Crippen LogP contribution in [0.3, 0.4) is 0 Å². The summed E-state index contributed by atoms with van der Waals surface area (Å²) in [5.74, 6) is -1.66. The Balaban J connectivity index is 1.09. The minimum atomic E-state index is -4.32. The van der Waals surface area contributed by atoms with Crippen LogP contribution in [0.5, 0.6) is 17.2 Å². The van der Waals surface area contributed by atoms with Gasteiger partial charge in [-0.25, -0.2) is 0 Å². The lowest BCUT2D eigenvalue weighted by molar-refractivity contribution is -0.163. The van der Waals surface area contributed by atoms with Crippen LogP contribution in [0.2, 0.25) is 0 Å². The fraction of sp³-hybridized carbons (Fsp3) is 0.500. The van der Waals surface area contributed by atoms with Gasteiger partial charge >= 0.3 is 23.9 Å². The van der Waals surface area contributed by atoms with Gasteiger partial charge in [-0.1, -0.05) is 74.5 Å². The lowest BCUT2D eigenvalue weighted by atomic mass is 9.78. The van der Waals surface area contributed by atoms with E-state index < -0.39 is 81.5 Å². The van der Waals surface area contributed by atoms with Crippen molar-refractivity contribution >= 4 is 36.6 Å². The Labute approximate surface area is 445 Å². The molecule has 19 nitrogen and oxygen atoms in total. The molecule has 20 heteroatoms. The van der Waals surface area contributed by atoms with Crippen molar-refractivity contribution in [3.63, 3.8) is 0 Å². The molecule has 1 aliphatic rings. The number of aliphatic hydroxyl groups is 1. The predicted molar refractivity (Wildman–Crippen MR) is 279 cm³/mol. The Bertz CT molecular complexity index is 2460. The first-order chi connectivity index (χ1) is 36.6. The van der Waals surface area contributed by atoms with Crippen molar-refractivity contribution in [3.8, 4) is 28.4 Å². The highest BCUT2D eigenvalue weighted by Crippen LogP contribution is 2.59. The highest BCUT2D eigenvalue weighted by molar-refractivity contribution is 7.69. The highest BCUT2D eigenvalue weighted by atomic mass is 31.2. The van der Waals surface area contributed by atoms with E-state index in [-0.39, 0.29) is 61.8 Å². The molecule has 1 heterocycles. The SMILES string of the molecule is COCCCC(=O)OCC(O)COC(=O)CC(C(=O)OCC(COC)OC(=O)CCCOCC(COc1ccc(C(C)(C)c2ccc(OCC(COC)OC)cc2)cc1)OC)P1(=O)Oc2ccccc2-c2ccccc21. The standard InChI is InChI=1S/C56H73O19P/c1-56(2,39-20-24-42(25-21-39)69-36-44(66-6)33-64-4)40-22-26-43(27-23-40)70-37-45(67-7)35-68-29-13-19-53(59)74-46(34-65-5)38-73-55(61)51(30-54(60)72-32-41(57)31-71-52(58)18-12-28-63-3)76(62)50-17-11-9-15-48(50)47-14-8-10-16-49(47)75-76/h8-11,14-17,20-27,41,44-46,51,57H,12-13,18-19,28-38H2,1-7H3. The number of para-hydroxylation sites is 1. The van der Waals surface area contributed by atoms with E-state index in [1.165, 1.54) is 14.2 Å². The molecule has 1 aliphatic heterocycles. The molecule has 76 heavy (non-hydrogen) atoms. The second-order valence-electron chi connectivity index (χ2n) is 18.4. The fourth-order valence-electron chi connectivity index (χ4n) is 7.97. The molecule has 0 fully saturated rings. The van der Waals surface area contributed by atoms with Crippen LogP contribution in [-0.2, 0) is 76.5 Å². The summed E-state index contributed by atoms with van der Waals surface area (Å²) in [5, 5.41) is 10.6. The zero-order chi connectivity index (χ0) is 54.9. The minimum Gasteiger partial charge on any atom is -0.491 e. The van der Waals surface area contributed by atoms with Gasteiger partial charge in [-0.05, 0) is 65.9 Å². The van der Waals surface area contributed by atoms with Crippen LogP contribution in [0, 0.1) is 0 Å². The van der Waals surface area contributed by atoms with E-state index in [2.05, 4.69) is 26.0 Å². The zero-order valence-electron chi connectivity index (χ0n) is 44.5. The smallest absolute Gasteiger partial charge is 0.320 e. The van der Waals surface area contributed by atoms with Crippen molar-refractivity contribution < 1.29 is 90.2 Å². The first-order valence-electron chi connectivity index (χ1n) is 25.1. The third kappa shape index (κ3) is 18.4. The molecule has 4 aromatic rings. The van der Waals surface area contributed by atoms with E-state index in [0.29, 0.717) is 49.5 Å². The lowest BCUT2D eigenvalue weighted by Gasteiger charge is -2.32. The van der Waals surface area contributed by atoms with Gasteiger partial charge in [0, 0.05) is 72.6 Å². The molecule has 0 aliphatic carbocycles. The lowest BCUT2D eigenvalue weighted by Crippen LogP contribution is -2.37. The Morgan fingerprint density at radius 1 is 0.566 bits per heavy atom. The molecule has 6 unspecified atom stereocenters. The summed E-state index contributed by atoms with van der Waals surface area (Å²) in [5.41, 5.74) is 1.34. The van der Waals surface area contributed by atoms with Crippen LogP contribution in [0.15, 0.2) is 97.1 Å². The maximum Gasteiger partial charge on any atom is 0.320 e. The second kappa shape index (κ2) is 31.4. The topological polar surface area (TPSA) is 226 Å². The van der Waals surface area contributed by atoms with Gasteiger partial charge in [-0.3, -0.25) is 23.7 Å². The summed E-state index contributed by atoms with van der Waals surface area (Å²) < 4.78 is 86.9. The number of fused-ring (bicyclic) bond motifs is 3. The number of hydrogen-bond acceptors (Lipinski definition) is 19. The number of hydrogen-bond donors (Lipinski definition) is 1. The van der Waals surface area contributed by atoms with Crippen molar-refractivity contribution in [2.45, 2.75) is 81.4 Å². The van der Waals surface area contributed by atoms with Gasteiger partial charge in [-0.2, -0.15) is 0 Å². The third-order valence-electron chi connectivity index (χ3n) is 12.4. The molecular formula is C56H73O19P. The normalized spacial score (nSPS) is 15.8. The van der Waals surface area contributed by atoms with Gasteiger partial charge in [0.1, 0.15) is 68.6 Å². The molecule has 6 atom stereocenters. The Kier molecular flexibility index (Phi) is 25.2. The molecule has 0 radical (unpaired) electrons. The van der Waals surface area contributed by atoms with Crippen LogP contribution < -0.4 is 19.3 Å². The van der Waals surface area contributed by atoms with Gasteiger partial charge < -0.3 is 66.5 Å². The van der Waals surface area contributed by atoms with E-state index in [0.717, 1.165) is 16.9 Å². The Morgan fingerprint density at radius 3 is 1.71 bits per heavy atom. The average molecular weight is 1080 g/mol. The molecule has 0 amide bonds. The van der Waals surface area contributed by atoms with Crippen molar-refractivity contribution in [1.29, 1.82) is 0 Å². The van der Waals surface area contributed by atoms with E-state index in [4.69, 9.17) is 61.4 Å². The zero-order valence-corrected chi connectivity index (χ0v) is 45.4. The first-order valence-corrected chi connectivity index (χ1v) is 26.8. The number of esters is 4. The number of aliphatic hydroxyl groups excluding tert-OH is 1. The minimum absolute atomic E-state index is 0.0425. The molecule has 0 saturated carbocycles. The Hall–Kier alpha value is -5.89. The van der Waals surface area contributed by atoms with E-state index in [1.54, 1.807) is 69.9 Å². The van der Waals surface area contributed by atoms with Crippen LogP contribution >= 0.6 is 7.37 Å². The van der Waals surface area contributed by atoms with Crippen LogP contribution in [0.1, 0.15) is 57.1 Å². The van der Waals surface area contributed by atoms with E-state index in [9.17, 15) is 24.3 Å². The third-order valence-corrected chi connectivity index (χ3v) is 15.1. The average Bonchev–Trinajstić information content (AvgIpc) is 3.46. The molecule has 5 rings (SSSR count). The van der Waals surface area contributed by atoms with Crippen molar-refractivity contribution in [1.82, 2.24) is 0 Å². The van der Waals surface area contributed by atoms with Gasteiger partial charge in [0.25, 0.3) is 7.37 Å². The summed E-state index contributed by atoms with van der Waals surface area (Å²) in [6, 6.07) is 29.4. The number of methoxy groups -OCH3 is 5. The largest absolute Gasteiger partial charge is 0.491 e. The summed E-state index contributed by atoms with van der Waals surface area (Å²) in [4.78, 5) is 52.5. The van der Waals surface area contributed by atoms with Crippen LogP contribution in [0.25, 0.3) is 11.1 Å². The predicted octanol–water partition coefficient (Wildman–Crippen LogP) is 6.64. The highest BCUT2D eigenvalue weighted by Gasteiger charge is 2.49. The number of carbonyl (C=O) groups excluding carboxylic acids is 4.